The van der Waals surface area contributed by atoms with Crippen molar-refractivity contribution in [2.75, 3.05) is 26.2 Å². The first-order chi connectivity index (χ1) is 14.1. The van der Waals surface area contributed by atoms with Crippen LogP contribution >= 0.6 is 0 Å². The molecule has 0 aromatic heterocycles. The Labute approximate surface area is 173 Å². The van der Waals surface area contributed by atoms with Gasteiger partial charge in [-0.15, -0.1) is 0 Å². The van der Waals surface area contributed by atoms with Gasteiger partial charge in [0.1, 0.15) is 0 Å². The van der Waals surface area contributed by atoms with Crippen molar-refractivity contribution in [3.05, 3.63) is 89.5 Å². The second-order valence-electron chi connectivity index (χ2n) is 7.04. The van der Waals surface area contributed by atoms with E-state index >= 15 is 0 Å². The van der Waals surface area contributed by atoms with Gasteiger partial charge < -0.3 is 19.1 Å². The Morgan fingerprint density at radius 1 is 0.586 bits per heavy atom. The summed E-state index contributed by atoms with van der Waals surface area (Å²) in [6.45, 7) is 4.15. The second kappa shape index (κ2) is 9.70. The van der Waals surface area contributed by atoms with Crippen LogP contribution in [0.2, 0.25) is 0 Å². The molecule has 0 fully saturated rings. The van der Waals surface area contributed by atoms with Gasteiger partial charge in [-0.25, -0.2) is 0 Å². The minimum atomic E-state index is -0.369. The molecule has 3 aromatic carbocycles. The molecule has 0 aliphatic carbocycles. The molecule has 152 valence electrons. The van der Waals surface area contributed by atoms with Gasteiger partial charge in [0.25, 0.3) is 0 Å². The standard InChI is InChI=1S/C25H29NO3/c1-18-6-12-22(13-7-18)26(23-14-8-20(9-15-23)19(2)27-3)24-16-10-21(11-17-24)25(28-4)29-5/h6-17,19,25H,1-5H3. The maximum atomic E-state index is 5.44. The molecule has 0 radical (unpaired) electrons. The van der Waals surface area contributed by atoms with E-state index in [2.05, 4.69) is 72.5 Å². The Bertz CT molecular complexity index is 885. The number of benzene rings is 3. The second-order valence-corrected chi connectivity index (χ2v) is 7.04. The van der Waals surface area contributed by atoms with E-state index in [1.54, 1.807) is 21.3 Å². The van der Waals surface area contributed by atoms with Gasteiger partial charge >= 0.3 is 0 Å². The number of ether oxygens (including phenoxy) is 3. The Morgan fingerprint density at radius 3 is 1.41 bits per heavy atom. The van der Waals surface area contributed by atoms with E-state index in [4.69, 9.17) is 14.2 Å². The lowest BCUT2D eigenvalue weighted by Crippen LogP contribution is -2.11. The number of nitrogens with zero attached hydrogens (tertiary/aromatic N) is 1. The van der Waals surface area contributed by atoms with Crippen molar-refractivity contribution in [2.45, 2.75) is 26.2 Å². The summed E-state index contributed by atoms with van der Waals surface area (Å²) in [6, 6.07) is 25.3. The SMILES string of the molecule is COC(C)c1ccc(N(c2ccc(C)cc2)c2ccc(C(OC)OC)cc2)cc1. The van der Waals surface area contributed by atoms with Crippen LogP contribution in [-0.2, 0) is 14.2 Å². The number of aryl methyl sites for hydroxylation is 1. The molecule has 0 aliphatic heterocycles. The summed E-state index contributed by atoms with van der Waals surface area (Å²) in [4.78, 5) is 2.24. The summed E-state index contributed by atoms with van der Waals surface area (Å²) in [5, 5.41) is 0. The fourth-order valence-electron chi connectivity index (χ4n) is 3.32. The summed E-state index contributed by atoms with van der Waals surface area (Å²) in [5.41, 5.74) is 6.62. The van der Waals surface area contributed by atoms with Gasteiger partial charge in [0.05, 0.1) is 6.10 Å². The third-order valence-electron chi connectivity index (χ3n) is 5.12. The highest BCUT2D eigenvalue weighted by molar-refractivity contribution is 5.76. The van der Waals surface area contributed by atoms with Gasteiger partial charge in [0.2, 0.25) is 0 Å². The van der Waals surface area contributed by atoms with E-state index in [1.807, 2.05) is 19.1 Å². The minimum Gasteiger partial charge on any atom is -0.377 e. The number of rotatable bonds is 8. The monoisotopic (exact) mass is 391 g/mol. The lowest BCUT2D eigenvalue weighted by atomic mass is 10.1. The average molecular weight is 392 g/mol. The van der Waals surface area contributed by atoms with Crippen molar-refractivity contribution in [2.24, 2.45) is 0 Å². The quantitative estimate of drug-likeness (QED) is 0.412. The summed E-state index contributed by atoms with van der Waals surface area (Å²) >= 11 is 0. The van der Waals surface area contributed by atoms with Crippen molar-refractivity contribution >= 4 is 17.1 Å². The van der Waals surface area contributed by atoms with Crippen molar-refractivity contribution in [1.82, 2.24) is 0 Å². The molecule has 29 heavy (non-hydrogen) atoms. The number of hydrogen-bond donors (Lipinski definition) is 0. The molecular weight excluding hydrogens is 362 g/mol. The largest absolute Gasteiger partial charge is 0.377 e. The van der Waals surface area contributed by atoms with Gasteiger partial charge in [-0.2, -0.15) is 0 Å². The predicted octanol–water partition coefficient (Wildman–Crippen LogP) is 6.46. The lowest BCUT2D eigenvalue weighted by molar-refractivity contribution is -0.106. The summed E-state index contributed by atoms with van der Waals surface area (Å²) in [7, 11) is 5.01. The van der Waals surface area contributed by atoms with E-state index < -0.39 is 0 Å². The molecule has 0 spiro atoms. The van der Waals surface area contributed by atoms with Crippen LogP contribution in [0.1, 0.15) is 36.0 Å². The van der Waals surface area contributed by atoms with Crippen LogP contribution in [0.15, 0.2) is 72.8 Å². The highest BCUT2D eigenvalue weighted by Gasteiger charge is 2.15. The van der Waals surface area contributed by atoms with Gasteiger partial charge in [0.15, 0.2) is 6.29 Å². The molecule has 0 saturated heterocycles. The molecule has 0 heterocycles. The maximum Gasteiger partial charge on any atom is 0.183 e. The van der Waals surface area contributed by atoms with Crippen LogP contribution in [0.3, 0.4) is 0 Å². The first kappa shape index (κ1) is 21.1. The molecule has 0 aliphatic rings. The highest BCUT2D eigenvalue weighted by Crippen LogP contribution is 2.36. The summed E-state index contributed by atoms with van der Waals surface area (Å²) in [5.74, 6) is 0. The van der Waals surface area contributed by atoms with Crippen LogP contribution < -0.4 is 4.90 Å². The molecule has 3 aromatic rings. The molecule has 4 nitrogen and oxygen atoms in total. The normalized spacial score (nSPS) is 12.2. The van der Waals surface area contributed by atoms with Crippen LogP contribution in [-0.4, -0.2) is 21.3 Å². The van der Waals surface area contributed by atoms with Crippen molar-refractivity contribution in [3.8, 4) is 0 Å². The van der Waals surface area contributed by atoms with Gasteiger partial charge in [-0.1, -0.05) is 42.0 Å². The zero-order valence-electron chi connectivity index (χ0n) is 17.8. The molecule has 0 amide bonds. The third-order valence-corrected chi connectivity index (χ3v) is 5.12. The van der Waals surface area contributed by atoms with Crippen LogP contribution in [0.25, 0.3) is 0 Å². The number of anilines is 3. The molecule has 3 rings (SSSR count). The van der Waals surface area contributed by atoms with E-state index in [1.165, 1.54) is 5.56 Å². The van der Waals surface area contributed by atoms with Crippen LogP contribution in [0.4, 0.5) is 17.1 Å². The summed E-state index contributed by atoms with van der Waals surface area (Å²) < 4.78 is 16.2. The van der Waals surface area contributed by atoms with Gasteiger partial charge in [-0.3, -0.25) is 0 Å². The van der Waals surface area contributed by atoms with E-state index in [0.29, 0.717) is 0 Å². The van der Waals surface area contributed by atoms with Crippen molar-refractivity contribution in [1.29, 1.82) is 0 Å². The molecule has 0 saturated carbocycles. The molecule has 0 N–H and O–H groups in total. The predicted molar refractivity (Wildman–Crippen MR) is 118 cm³/mol. The Morgan fingerprint density at radius 2 is 1.00 bits per heavy atom. The Kier molecular flexibility index (Phi) is 7.04. The maximum absolute atomic E-state index is 5.44. The van der Waals surface area contributed by atoms with E-state index in [-0.39, 0.29) is 12.4 Å². The third kappa shape index (κ3) is 4.85. The molecular formula is C25H29NO3. The molecule has 1 atom stereocenters. The highest BCUT2D eigenvalue weighted by atomic mass is 16.7. The minimum absolute atomic E-state index is 0.0659. The molecule has 1 unspecified atom stereocenters. The van der Waals surface area contributed by atoms with Crippen LogP contribution in [0, 0.1) is 6.92 Å². The fourth-order valence-corrected chi connectivity index (χ4v) is 3.32. The fraction of sp³-hybridized carbons (Fsp3) is 0.280. The van der Waals surface area contributed by atoms with E-state index in [9.17, 15) is 0 Å². The number of methoxy groups -OCH3 is 3. The topological polar surface area (TPSA) is 30.9 Å². The first-order valence-electron chi connectivity index (χ1n) is 9.72. The molecule has 4 heteroatoms. The summed E-state index contributed by atoms with van der Waals surface area (Å²) in [6.07, 6.45) is -0.303. The zero-order chi connectivity index (χ0) is 20.8. The van der Waals surface area contributed by atoms with E-state index in [0.717, 1.165) is 28.2 Å². The number of hydrogen-bond acceptors (Lipinski definition) is 4. The van der Waals surface area contributed by atoms with Crippen LogP contribution in [0.5, 0.6) is 0 Å². The lowest BCUT2D eigenvalue weighted by Gasteiger charge is -2.26. The average Bonchev–Trinajstić information content (AvgIpc) is 2.77. The molecule has 0 bridgehead atoms. The van der Waals surface area contributed by atoms with Crippen molar-refractivity contribution < 1.29 is 14.2 Å². The Balaban J connectivity index is 2.01. The first-order valence-corrected chi connectivity index (χ1v) is 9.72. The van der Waals surface area contributed by atoms with Gasteiger partial charge in [0, 0.05) is 44.0 Å². The zero-order valence-corrected chi connectivity index (χ0v) is 17.8. The Hall–Kier alpha value is -2.66. The van der Waals surface area contributed by atoms with Crippen molar-refractivity contribution in [3.63, 3.8) is 0 Å². The smallest absolute Gasteiger partial charge is 0.183 e. The van der Waals surface area contributed by atoms with Gasteiger partial charge in [-0.05, 0) is 55.8 Å².